The molecule has 0 spiro atoms. The second kappa shape index (κ2) is 10.1. The molecule has 3 N–H and O–H groups in total. The van der Waals surface area contributed by atoms with Gasteiger partial charge in [0.1, 0.15) is 21.8 Å². The predicted octanol–water partition coefficient (Wildman–Crippen LogP) is 3.45. The molecule has 8 nitrogen and oxygen atoms in total. The van der Waals surface area contributed by atoms with Crippen LogP contribution in [-0.4, -0.2) is 88.3 Å². The van der Waals surface area contributed by atoms with Crippen LogP contribution in [0.4, 0.5) is 11.4 Å². The van der Waals surface area contributed by atoms with E-state index in [0.717, 1.165) is 0 Å². The minimum atomic E-state index is -4.54. The van der Waals surface area contributed by atoms with Gasteiger partial charge in [-0.25, -0.2) is 4.79 Å². The number of carboxylic acids is 1. The summed E-state index contributed by atoms with van der Waals surface area (Å²) in [6.07, 6.45) is 0. The number of carboxylic acid groups (broad SMARTS) is 1. The van der Waals surface area contributed by atoms with Gasteiger partial charge in [-0.15, -0.1) is 10.2 Å². The van der Waals surface area contributed by atoms with Crippen LogP contribution in [-0.2, 0) is 10.1 Å². The van der Waals surface area contributed by atoms with Crippen LogP contribution < -0.4 is 0 Å². The second-order valence-corrected chi connectivity index (χ2v) is 7.18. The fourth-order valence-corrected chi connectivity index (χ4v) is 3.30. The first-order chi connectivity index (χ1) is 12.7. The molecule has 0 unspecified atom stereocenters. The molecule has 0 aliphatic heterocycles. The molecule has 0 heterocycles. The molecule has 3 aromatic rings. The van der Waals surface area contributed by atoms with Crippen molar-refractivity contribution in [1.82, 2.24) is 0 Å². The summed E-state index contributed by atoms with van der Waals surface area (Å²) in [5.41, 5.74) is -0.0380. The van der Waals surface area contributed by atoms with E-state index in [9.17, 15) is 28.0 Å². The zero-order valence-corrected chi connectivity index (χ0v) is 20.8. The fraction of sp³-hybridized carbons (Fsp3) is 0.0556. The molecule has 3 aromatic carbocycles. The van der Waals surface area contributed by atoms with Crippen LogP contribution in [0, 0.1) is 6.92 Å². The Morgan fingerprint density at radius 3 is 2.28 bits per heavy atom. The van der Waals surface area contributed by atoms with Gasteiger partial charge in [-0.3, -0.25) is 4.55 Å². The Morgan fingerprint density at radius 2 is 1.66 bits per heavy atom. The average molecular weight is 432 g/mol. The number of hydrogen-bond acceptors (Lipinski definition) is 6. The van der Waals surface area contributed by atoms with Gasteiger partial charge in [0, 0.05) is 64.5 Å². The van der Waals surface area contributed by atoms with Gasteiger partial charge in [0.15, 0.2) is 5.75 Å². The maximum atomic E-state index is 11.6. The Morgan fingerprint density at radius 1 is 1.00 bits per heavy atom. The summed E-state index contributed by atoms with van der Waals surface area (Å²) in [5.74, 6) is -1.94. The Balaban J connectivity index is 0.00000210. The summed E-state index contributed by atoms with van der Waals surface area (Å²) in [4.78, 5) is 10.9. The Labute approximate surface area is 211 Å². The van der Waals surface area contributed by atoms with Crippen molar-refractivity contribution in [2.45, 2.75) is 11.8 Å². The molecule has 0 aromatic heterocycles. The minimum absolute atomic E-state index is 0. The van der Waals surface area contributed by atoms with Crippen LogP contribution in [0.1, 0.15) is 15.9 Å². The van der Waals surface area contributed by atoms with Gasteiger partial charge >= 0.3 is 5.97 Å². The minimum Gasteiger partial charge on any atom is -0.505 e. The molecular formula is C18H14N2Na2O6S. The van der Waals surface area contributed by atoms with E-state index in [0.29, 0.717) is 16.3 Å². The fourth-order valence-electron chi connectivity index (χ4n) is 2.60. The van der Waals surface area contributed by atoms with Gasteiger partial charge in [0.2, 0.25) is 0 Å². The van der Waals surface area contributed by atoms with E-state index < -0.39 is 26.7 Å². The quantitative estimate of drug-likeness (QED) is 0.328. The summed E-state index contributed by atoms with van der Waals surface area (Å²) < 4.78 is 32.5. The van der Waals surface area contributed by atoms with Crippen LogP contribution in [0.15, 0.2) is 63.7 Å². The first-order valence-electron chi connectivity index (χ1n) is 7.66. The third kappa shape index (κ3) is 5.65. The molecule has 2 radical (unpaired) electrons. The number of phenols is 1. The zero-order valence-electron chi connectivity index (χ0n) is 16.0. The zero-order chi connectivity index (χ0) is 19.8. The van der Waals surface area contributed by atoms with Crippen molar-refractivity contribution in [2.24, 2.45) is 10.2 Å². The monoisotopic (exact) mass is 432 g/mol. The summed E-state index contributed by atoms with van der Waals surface area (Å²) in [5, 5.41) is 28.2. The molecule has 0 bridgehead atoms. The molecule has 0 aliphatic carbocycles. The molecule has 29 heavy (non-hydrogen) atoms. The van der Waals surface area contributed by atoms with E-state index in [2.05, 4.69) is 10.2 Å². The van der Waals surface area contributed by atoms with E-state index in [4.69, 9.17) is 0 Å². The SMILES string of the molecule is Cc1ccc(N=Nc2c(O)c(C(=O)O)cc3ccccc23)c(S(=O)(=O)O)c1.[Na].[Na]. The molecule has 11 heteroatoms. The van der Waals surface area contributed by atoms with Gasteiger partial charge in [0.05, 0.1) is 0 Å². The van der Waals surface area contributed by atoms with Gasteiger partial charge < -0.3 is 10.2 Å². The van der Waals surface area contributed by atoms with Gasteiger partial charge in [-0.2, -0.15) is 8.42 Å². The van der Waals surface area contributed by atoms with E-state index >= 15 is 0 Å². The Kier molecular flexibility index (Phi) is 9.00. The topological polar surface area (TPSA) is 137 Å². The summed E-state index contributed by atoms with van der Waals surface area (Å²) in [7, 11) is -4.54. The number of rotatable bonds is 4. The number of hydrogen-bond donors (Lipinski definition) is 3. The summed E-state index contributed by atoms with van der Waals surface area (Å²) in [6, 6.07) is 12.1. The summed E-state index contributed by atoms with van der Waals surface area (Å²) >= 11 is 0. The number of benzene rings is 3. The molecule has 0 aliphatic rings. The van der Waals surface area contributed by atoms with Crippen molar-refractivity contribution in [3.05, 3.63) is 59.7 Å². The molecule has 0 saturated carbocycles. The van der Waals surface area contributed by atoms with Crippen LogP contribution in [0.5, 0.6) is 5.75 Å². The number of aromatic carboxylic acids is 1. The van der Waals surface area contributed by atoms with Gasteiger partial charge in [-0.1, -0.05) is 30.3 Å². The number of azo groups is 1. The van der Waals surface area contributed by atoms with E-state index in [-0.39, 0.29) is 76.1 Å². The number of nitrogens with zero attached hydrogens (tertiary/aromatic N) is 2. The van der Waals surface area contributed by atoms with Crippen LogP contribution in [0.2, 0.25) is 0 Å². The molecule has 0 atom stereocenters. The molecule has 3 rings (SSSR count). The first kappa shape index (κ1) is 25.7. The van der Waals surface area contributed by atoms with Crippen LogP contribution >= 0.6 is 0 Å². The van der Waals surface area contributed by atoms with Crippen molar-refractivity contribution in [3.8, 4) is 5.75 Å². The first-order valence-corrected chi connectivity index (χ1v) is 9.10. The number of fused-ring (bicyclic) bond motifs is 1. The summed E-state index contributed by atoms with van der Waals surface area (Å²) in [6.45, 7) is 1.64. The van der Waals surface area contributed by atoms with E-state index in [1.165, 1.54) is 18.2 Å². The van der Waals surface area contributed by atoms with Crippen molar-refractivity contribution in [3.63, 3.8) is 0 Å². The van der Waals surface area contributed by atoms with Gasteiger partial charge in [0.25, 0.3) is 10.1 Å². The van der Waals surface area contributed by atoms with Crippen molar-refractivity contribution < 1.29 is 28.0 Å². The third-order valence-electron chi connectivity index (χ3n) is 3.88. The standard InChI is InChI=1S/C18H14N2O6S.2Na/c1-10-6-7-14(15(8-10)27(24,25)26)19-20-16-12-5-3-2-4-11(12)9-13(17(16)21)18(22)23;;/h2-9,21H,1H3,(H,22,23)(H,24,25,26);;. The van der Waals surface area contributed by atoms with Crippen molar-refractivity contribution in [1.29, 1.82) is 0 Å². The van der Waals surface area contributed by atoms with Crippen molar-refractivity contribution in [2.75, 3.05) is 0 Å². The number of aromatic hydroxyl groups is 1. The van der Waals surface area contributed by atoms with Gasteiger partial charge in [-0.05, 0) is 36.1 Å². The smallest absolute Gasteiger partial charge is 0.339 e. The normalized spacial score (nSPS) is 11.1. The molecule has 0 fully saturated rings. The van der Waals surface area contributed by atoms with Crippen LogP contribution in [0.25, 0.3) is 10.8 Å². The number of carbonyl (C=O) groups is 1. The van der Waals surface area contributed by atoms with E-state index in [1.807, 2.05) is 0 Å². The Bertz CT molecular complexity index is 1210. The molecule has 140 valence electrons. The van der Waals surface area contributed by atoms with Crippen molar-refractivity contribution >= 4 is 97.3 Å². The van der Waals surface area contributed by atoms with E-state index in [1.54, 1.807) is 37.3 Å². The maximum Gasteiger partial charge on any atom is 0.339 e. The molecular weight excluding hydrogens is 418 g/mol. The third-order valence-corrected chi connectivity index (χ3v) is 4.76. The number of aryl methyl sites for hydroxylation is 1. The second-order valence-electron chi connectivity index (χ2n) is 5.79. The molecule has 0 amide bonds. The largest absolute Gasteiger partial charge is 0.505 e. The average Bonchev–Trinajstić information content (AvgIpc) is 2.60. The maximum absolute atomic E-state index is 11.6. The van der Waals surface area contributed by atoms with Crippen LogP contribution in [0.3, 0.4) is 0 Å². The Hall–Kier alpha value is -1.30. The molecule has 0 saturated heterocycles. The predicted molar refractivity (Wildman–Crippen MR) is 109 cm³/mol.